The number of carbonyl (C=O) groups excluding carboxylic acids is 2. The number of piperidine rings is 1. The molecule has 1 saturated heterocycles. The number of primary sulfonamides is 1. The maximum absolute atomic E-state index is 12.7. The van der Waals surface area contributed by atoms with Gasteiger partial charge < -0.3 is 4.90 Å². The Labute approximate surface area is 144 Å². The molecule has 9 heteroatoms. The lowest BCUT2D eigenvalue weighted by atomic mass is 10.1. The Morgan fingerprint density at radius 2 is 1.54 bits per heavy atom. The number of benzene rings is 1. The van der Waals surface area contributed by atoms with Gasteiger partial charge in [0.2, 0.25) is 10.0 Å². The number of nitrogens with zero attached hydrogens (tertiary/aromatic N) is 2. The van der Waals surface area contributed by atoms with E-state index < -0.39 is 21.8 Å². The first-order valence-corrected chi connectivity index (χ1v) is 9.39. The smallest absolute Gasteiger partial charge is 0.283 e. The molecule has 0 saturated carbocycles. The molecule has 2 amide bonds. The van der Waals surface area contributed by atoms with Gasteiger partial charge in [0.05, 0.1) is 10.6 Å². The zero-order valence-corrected chi connectivity index (χ0v) is 14.3. The quantitative estimate of drug-likeness (QED) is 0.805. The number of imide groups is 1. The van der Waals surface area contributed by atoms with Gasteiger partial charge in [0.15, 0.2) is 0 Å². The molecule has 2 aliphatic rings. The summed E-state index contributed by atoms with van der Waals surface area (Å²) in [7, 11) is -3.84. The lowest BCUT2D eigenvalue weighted by Gasteiger charge is -2.29. The molecule has 24 heavy (non-hydrogen) atoms. The summed E-state index contributed by atoms with van der Waals surface area (Å²) in [4.78, 5) is 27.8. The Morgan fingerprint density at radius 1 is 0.958 bits per heavy atom. The minimum atomic E-state index is -3.84. The number of likely N-dealkylation sites (tertiary alicyclic amines) is 1. The van der Waals surface area contributed by atoms with Gasteiger partial charge in [-0.05, 0) is 43.5 Å². The van der Waals surface area contributed by atoms with Gasteiger partial charge >= 0.3 is 0 Å². The summed E-state index contributed by atoms with van der Waals surface area (Å²) in [5.41, 5.74) is 0.472. The molecule has 2 N–H and O–H groups in total. The highest BCUT2D eigenvalue weighted by molar-refractivity contribution is 7.89. The first-order valence-electron chi connectivity index (χ1n) is 7.47. The average molecular weight is 370 g/mol. The summed E-state index contributed by atoms with van der Waals surface area (Å²) in [6, 6.07) is 5.22. The predicted molar refractivity (Wildman–Crippen MR) is 88.6 cm³/mol. The maximum Gasteiger partial charge on any atom is 0.283 e. The molecule has 0 radical (unpaired) electrons. The summed E-state index contributed by atoms with van der Waals surface area (Å²) in [5, 5.41) is 4.95. The first kappa shape index (κ1) is 16.9. The fraction of sp³-hybridized carbons (Fsp3) is 0.333. The number of rotatable bonds is 3. The van der Waals surface area contributed by atoms with Crippen molar-refractivity contribution in [3.63, 3.8) is 0 Å². The number of sulfonamides is 1. The van der Waals surface area contributed by atoms with E-state index in [2.05, 4.69) is 0 Å². The zero-order valence-electron chi connectivity index (χ0n) is 12.7. The molecule has 3 rings (SSSR count). The number of anilines is 1. The summed E-state index contributed by atoms with van der Waals surface area (Å²) in [6.07, 6.45) is 2.97. The average Bonchev–Trinajstić information content (AvgIpc) is 2.77. The van der Waals surface area contributed by atoms with Crippen molar-refractivity contribution >= 4 is 39.1 Å². The van der Waals surface area contributed by atoms with Gasteiger partial charge in [-0.1, -0.05) is 11.6 Å². The maximum atomic E-state index is 12.7. The summed E-state index contributed by atoms with van der Waals surface area (Å²) < 4.78 is 22.6. The van der Waals surface area contributed by atoms with Crippen LogP contribution in [0.25, 0.3) is 0 Å². The van der Waals surface area contributed by atoms with Crippen LogP contribution in [-0.4, -0.2) is 38.2 Å². The van der Waals surface area contributed by atoms with Gasteiger partial charge in [0.1, 0.15) is 10.7 Å². The number of carbonyl (C=O) groups is 2. The second-order valence-corrected chi connectivity index (χ2v) is 7.63. The van der Waals surface area contributed by atoms with Gasteiger partial charge in [0.25, 0.3) is 11.8 Å². The molecule has 2 heterocycles. The van der Waals surface area contributed by atoms with E-state index in [0.717, 1.165) is 24.2 Å². The first-order chi connectivity index (χ1) is 11.3. The number of amides is 2. The minimum absolute atomic E-state index is 0.0966. The Hall–Kier alpha value is -1.90. The molecule has 0 atom stereocenters. The molecule has 0 spiro atoms. The molecule has 1 fully saturated rings. The number of nitrogens with two attached hydrogens (primary N) is 1. The van der Waals surface area contributed by atoms with E-state index in [-0.39, 0.29) is 21.3 Å². The largest absolute Gasteiger partial charge is 0.366 e. The van der Waals surface area contributed by atoms with E-state index in [9.17, 15) is 18.0 Å². The standard InChI is InChI=1S/C15H16ClN3O4S/c16-12-13(18-8-2-1-3-9-18)15(21)19(14(12)20)10-4-6-11(7-5-10)24(17,22)23/h4-7H,1-3,8-9H2,(H2,17,22,23). The van der Waals surface area contributed by atoms with Crippen LogP contribution < -0.4 is 10.0 Å². The second kappa shape index (κ2) is 6.19. The lowest BCUT2D eigenvalue weighted by molar-refractivity contribution is -0.121. The van der Waals surface area contributed by atoms with Crippen LogP contribution in [0, 0.1) is 0 Å². The topological polar surface area (TPSA) is 101 Å². The predicted octanol–water partition coefficient (Wildman–Crippen LogP) is 1.14. The Bertz CT molecular complexity index is 827. The van der Waals surface area contributed by atoms with E-state index in [1.807, 2.05) is 4.90 Å². The Morgan fingerprint density at radius 3 is 2.08 bits per heavy atom. The fourth-order valence-corrected chi connectivity index (χ4v) is 3.70. The van der Waals surface area contributed by atoms with Crippen molar-refractivity contribution in [1.29, 1.82) is 0 Å². The normalized spacial score (nSPS) is 19.4. The van der Waals surface area contributed by atoms with E-state index >= 15 is 0 Å². The molecular weight excluding hydrogens is 354 g/mol. The van der Waals surface area contributed by atoms with Crippen LogP contribution in [0.2, 0.25) is 0 Å². The van der Waals surface area contributed by atoms with Crippen molar-refractivity contribution in [3.05, 3.63) is 35.0 Å². The van der Waals surface area contributed by atoms with Gasteiger partial charge in [-0.3, -0.25) is 9.59 Å². The van der Waals surface area contributed by atoms with Gasteiger partial charge in [-0.15, -0.1) is 0 Å². The summed E-state index contributed by atoms with van der Waals surface area (Å²) >= 11 is 6.12. The van der Waals surface area contributed by atoms with E-state index in [1.54, 1.807) is 0 Å². The van der Waals surface area contributed by atoms with Gasteiger partial charge in [-0.25, -0.2) is 18.5 Å². The van der Waals surface area contributed by atoms with E-state index in [1.165, 1.54) is 24.3 Å². The fourth-order valence-electron chi connectivity index (χ4n) is 2.90. The van der Waals surface area contributed by atoms with Crippen molar-refractivity contribution in [1.82, 2.24) is 4.90 Å². The lowest BCUT2D eigenvalue weighted by Crippen LogP contribution is -2.37. The molecular formula is C15H16ClN3O4S. The van der Waals surface area contributed by atoms with Crippen LogP contribution in [0.5, 0.6) is 0 Å². The van der Waals surface area contributed by atoms with Crippen molar-refractivity contribution in [3.8, 4) is 0 Å². The van der Waals surface area contributed by atoms with Crippen molar-refractivity contribution in [2.24, 2.45) is 5.14 Å². The van der Waals surface area contributed by atoms with Crippen LogP contribution in [0.4, 0.5) is 5.69 Å². The van der Waals surface area contributed by atoms with E-state index in [4.69, 9.17) is 16.7 Å². The minimum Gasteiger partial charge on any atom is -0.366 e. The SMILES string of the molecule is NS(=O)(=O)c1ccc(N2C(=O)C(Cl)=C(N3CCCCC3)C2=O)cc1. The van der Waals surface area contributed by atoms with Crippen LogP contribution in [0.1, 0.15) is 19.3 Å². The Kier molecular flexibility index (Phi) is 4.37. The third kappa shape index (κ3) is 2.92. The summed E-state index contributed by atoms with van der Waals surface area (Å²) in [5.74, 6) is -1.10. The van der Waals surface area contributed by atoms with Crippen molar-refractivity contribution in [2.75, 3.05) is 18.0 Å². The van der Waals surface area contributed by atoms with Crippen LogP contribution in [0.15, 0.2) is 39.9 Å². The van der Waals surface area contributed by atoms with Crippen molar-refractivity contribution in [2.45, 2.75) is 24.2 Å². The zero-order chi connectivity index (χ0) is 17.5. The highest BCUT2D eigenvalue weighted by Gasteiger charge is 2.41. The molecule has 128 valence electrons. The third-order valence-electron chi connectivity index (χ3n) is 4.10. The van der Waals surface area contributed by atoms with Gasteiger partial charge in [0, 0.05) is 13.1 Å². The highest BCUT2D eigenvalue weighted by atomic mass is 35.5. The molecule has 0 bridgehead atoms. The number of hydrogen-bond donors (Lipinski definition) is 1. The molecule has 1 aromatic carbocycles. The van der Waals surface area contributed by atoms with Crippen LogP contribution >= 0.6 is 11.6 Å². The molecule has 0 aliphatic carbocycles. The van der Waals surface area contributed by atoms with Gasteiger partial charge in [-0.2, -0.15) is 0 Å². The molecule has 2 aliphatic heterocycles. The monoisotopic (exact) mass is 369 g/mol. The molecule has 0 unspecified atom stereocenters. The third-order valence-corrected chi connectivity index (χ3v) is 5.37. The molecule has 7 nitrogen and oxygen atoms in total. The highest BCUT2D eigenvalue weighted by Crippen LogP contribution is 2.32. The van der Waals surface area contributed by atoms with Crippen LogP contribution in [-0.2, 0) is 19.6 Å². The second-order valence-electron chi connectivity index (χ2n) is 5.69. The van der Waals surface area contributed by atoms with Crippen LogP contribution in [0.3, 0.4) is 0 Å². The molecule has 0 aromatic heterocycles. The number of hydrogen-bond acceptors (Lipinski definition) is 5. The summed E-state index contributed by atoms with van der Waals surface area (Å²) in [6.45, 7) is 1.37. The molecule has 1 aromatic rings. The Balaban J connectivity index is 1.91. The van der Waals surface area contributed by atoms with E-state index in [0.29, 0.717) is 13.1 Å². The van der Waals surface area contributed by atoms with Crippen molar-refractivity contribution < 1.29 is 18.0 Å². The number of halogens is 1.